The molecule has 0 radical (unpaired) electrons. The fourth-order valence-corrected chi connectivity index (χ4v) is 4.35. The smallest absolute Gasteiger partial charge is 0.275 e. The number of hydrogen-bond donors (Lipinski definition) is 2. The van der Waals surface area contributed by atoms with Gasteiger partial charge in [-0.15, -0.1) is 0 Å². The average molecular weight is 482 g/mol. The summed E-state index contributed by atoms with van der Waals surface area (Å²) in [6.45, 7) is 0.591. The lowest BCUT2D eigenvalue weighted by Gasteiger charge is -2.11. The predicted octanol–water partition coefficient (Wildman–Crippen LogP) is 4.42. The first-order valence-corrected chi connectivity index (χ1v) is 10.9. The number of rotatable bonds is 4. The van der Waals surface area contributed by atoms with Crippen LogP contribution in [0.5, 0.6) is 0 Å². The molecule has 12 heteroatoms. The van der Waals surface area contributed by atoms with Crippen LogP contribution in [0.4, 0.5) is 5.69 Å². The number of pyridine rings is 1. The van der Waals surface area contributed by atoms with Gasteiger partial charge in [-0.05, 0) is 24.6 Å². The lowest BCUT2D eigenvalue weighted by Crippen LogP contribution is -2.29. The van der Waals surface area contributed by atoms with Gasteiger partial charge in [-0.1, -0.05) is 52.5 Å². The number of hydrogen-bond acceptors (Lipinski definition) is 5. The zero-order chi connectivity index (χ0) is 20.5. The van der Waals surface area contributed by atoms with Gasteiger partial charge in [0.25, 0.3) is 15.9 Å². The van der Waals surface area contributed by atoms with Gasteiger partial charge in [0.2, 0.25) is 0 Å². The highest BCUT2D eigenvalue weighted by molar-refractivity contribution is 7.90. The summed E-state index contributed by atoms with van der Waals surface area (Å²) in [4.78, 5) is 20.4. The average Bonchev–Trinajstić information content (AvgIpc) is 3.15. The van der Waals surface area contributed by atoms with E-state index in [1.165, 1.54) is 24.3 Å². The van der Waals surface area contributed by atoms with Gasteiger partial charge < -0.3 is 5.32 Å². The summed E-state index contributed by atoms with van der Waals surface area (Å²) in [5.41, 5.74) is -0.0333. The van der Waals surface area contributed by atoms with Gasteiger partial charge in [0.1, 0.15) is 16.7 Å². The van der Waals surface area contributed by atoms with Crippen LogP contribution in [0, 0.1) is 0 Å². The standard InChI is InChI=1S/C16H12Cl4N4O3S/c17-11-12(18)14(23-15(20)13(11)19)16(25)22-8-3-1-4-9(7-8)28(26,27)24-10-5-2-6-21-10/h1,3-4,7H,2,5-6H2,(H,21,24)(H,22,25). The minimum Gasteiger partial charge on any atom is -0.321 e. The summed E-state index contributed by atoms with van der Waals surface area (Å²) in [5, 5.41) is 1.98. The van der Waals surface area contributed by atoms with Crippen LogP contribution in [0.3, 0.4) is 0 Å². The molecule has 0 saturated carbocycles. The van der Waals surface area contributed by atoms with Crippen LogP contribution >= 0.6 is 46.4 Å². The van der Waals surface area contributed by atoms with E-state index in [4.69, 9.17) is 46.4 Å². The van der Waals surface area contributed by atoms with Crippen molar-refractivity contribution < 1.29 is 13.2 Å². The van der Waals surface area contributed by atoms with E-state index in [1.807, 2.05) is 0 Å². The molecule has 0 atom stereocenters. The molecule has 7 nitrogen and oxygen atoms in total. The number of sulfonamides is 1. The van der Waals surface area contributed by atoms with Crippen molar-refractivity contribution in [1.82, 2.24) is 9.71 Å². The van der Waals surface area contributed by atoms with E-state index in [9.17, 15) is 13.2 Å². The summed E-state index contributed by atoms with van der Waals surface area (Å²) >= 11 is 23.6. The van der Waals surface area contributed by atoms with Gasteiger partial charge in [0.15, 0.2) is 0 Å². The molecular weight excluding hydrogens is 470 g/mol. The number of carbonyl (C=O) groups is 1. The summed E-state index contributed by atoms with van der Waals surface area (Å²) in [7, 11) is -3.83. The summed E-state index contributed by atoms with van der Waals surface area (Å²) in [6.07, 6.45) is 1.37. The lowest BCUT2D eigenvalue weighted by molar-refractivity contribution is 0.102. The summed E-state index contributed by atoms with van der Waals surface area (Å²) < 4.78 is 27.4. The maximum atomic E-state index is 12.5. The Labute approximate surface area is 181 Å². The molecule has 3 rings (SSSR count). The van der Waals surface area contributed by atoms with Crippen molar-refractivity contribution in [3.05, 3.63) is 50.2 Å². The fourth-order valence-electron chi connectivity index (χ4n) is 2.41. The fraction of sp³-hybridized carbons (Fsp3) is 0.188. The SMILES string of the molecule is O=C(Nc1cccc(S(=O)(=O)NC2=NCCC2)c1)c1nc(Cl)c(Cl)c(Cl)c1Cl. The highest BCUT2D eigenvalue weighted by atomic mass is 35.5. The molecule has 1 aromatic carbocycles. The lowest BCUT2D eigenvalue weighted by atomic mass is 10.3. The Morgan fingerprint density at radius 1 is 1.07 bits per heavy atom. The molecule has 0 bridgehead atoms. The molecule has 1 aliphatic heterocycles. The number of carbonyl (C=O) groups excluding carboxylic acids is 1. The Kier molecular flexibility index (Phi) is 6.36. The monoisotopic (exact) mass is 480 g/mol. The van der Waals surface area contributed by atoms with E-state index in [1.54, 1.807) is 0 Å². The van der Waals surface area contributed by atoms with Gasteiger partial charge >= 0.3 is 0 Å². The maximum absolute atomic E-state index is 12.5. The van der Waals surface area contributed by atoms with Crippen LogP contribution in [-0.4, -0.2) is 31.7 Å². The molecule has 1 aliphatic rings. The molecular formula is C16H12Cl4N4O3S. The van der Waals surface area contributed by atoms with E-state index in [0.29, 0.717) is 18.8 Å². The number of nitrogens with one attached hydrogen (secondary N) is 2. The van der Waals surface area contributed by atoms with Crippen molar-refractivity contribution >= 4 is 73.9 Å². The number of amides is 1. The van der Waals surface area contributed by atoms with Gasteiger partial charge in [-0.3, -0.25) is 14.5 Å². The minimum atomic E-state index is -3.83. The number of benzene rings is 1. The number of amidine groups is 1. The van der Waals surface area contributed by atoms with Crippen LogP contribution in [0.25, 0.3) is 0 Å². The van der Waals surface area contributed by atoms with Crippen LogP contribution in [0.15, 0.2) is 34.2 Å². The largest absolute Gasteiger partial charge is 0.321 e. The Morgan fingerprint density at radius 3 is 2.50 bits per heavy atom. The Morgan fingerprint density at radius 2 is 1.82 bits per heavy atom. The number of nitrogens with zero attached hydrogens (tertiary/aromatic N) is 2. The number of aliphatic imine (C=N–C) groups is 1. The third-order valence-electron chi connectivity index (χ3n) is 3.73. The quantitative estimate of drug-likeness (QED) is 0.631. The highest BCUT2D eigenvalue weighted by Gasteiger charge is 2.22. The molecule has 0 aliphatic carbocycles. The van der Waals surface area contributed by atoms with Crippen molar-refractivity contribution in [3.63, 3.8) is 0 Å². The highest BCUT2D eigenvalue weighted by Crippen LogP contribution is 2.36. The second-order valence-corrected chi connectivity index (χ2v) is 8.89. The minimum absolute atomic E-state index is 0.0360. The van der Waals surface area contributed by atoms with E-state index in [2.05, 4.69) is 20.0 Å². The van der Waals surface area contributed by atoms with Crippen molar-refractivity contribution in [2.75, 3.05) is 11.9 Å². The second kappa shape index (κ2) is 8.42. The van der Waals surface area contributed by atoms with Gasteiger partial charge in [-0.25, -0.2) is 13.4 Å². The molecule has 28 heavy (non-hydrogen) atoms. The molecule has 1 aromatic heterocycles. The summed E-state index contributed by atoms with van der Waals surface area (Å²) in [6, 6.07) is 5.69. The Bertz CT molecular complexity index is 1090. The molecule has 0 unspecified atom stereocenters. The molecule has 148 valence electrons. The molecule has 0 spiro atoms. The number of aromatic nitrogens is 1. The molecule has 0 saturated heterocycles. The van der Waals surface area contributed by atoms with Crippen molar-refractivity contribution in [1.29, 1.82) is 0 Å². The first-order chi connectivity index (χ1) is 13.2. The predicted molar refractivity (Wildman–Crippen MR) is 111 cm³/mol. The third kappa shape index (κ3) is 4.52. The molecule has 2 N–H and O–H groups in total. The maximum Gasteiger partial charge on any atom is 0.275 e. The molecule has 2 heterocycles. The van der Waals surface area contributed by atoms with Crippen LogP contribution < -0.4 is 10.0 Å². The summed E-state index contributed by atoms with van der Waals surface area (Å²) in [5.74, 6) is -0.316. The zero-order valence-corrected chi connectivity index (χ0v) is 17.8. The molecule has 1 amide bonds. The van der Waals surface area contributed by atoms with Crippen LogP contribution in [0.2, 0.25) is 20.2 Å². The van der Waals surface area contributed by atoms with Gasteiger partial charge in [-0.2, -0.15) is 0 Å². The number of halogens is 4. The van der Waals surface area contributed by atoms with Crippen molar-refractivity contribution in [3.8, 4) is 0 Å². The van der Waals surface area contributed by atoms with E-state index >= 15 is 0 Å². The van der Waals surface area contributed by atoms with Crippen molar-refractivity contribution in [2.45, 2.75) is 17.7 Å². The zero-order valence-electron chi connectivity index (χ0n) is 14.0. The first kappa shape index (κ1) is 21.1. The third-order valence-corrected chi connectivity index (χ3v) is 6.78. The Hall–Kier alpha value is -1.58. The van der Waals surface area contributed by atoms with E-state index in [0.717, 1.165) is 6.42 Å². The number of anilines is 1. The van der Waals surface area contributed by atoms with Gasteiger partial charge in [0.05, 0.1) is 20.0 Å². The normalized spacial score (nSPS) is 13.9. The molecule has 2 aromatic rings. The van der Waals surface area contributed by atoms with Gasteiger partial charge in [0, 0.05) is 18.7 Å². The second-order valence-electron chi connectivity index (χ2n) is 5.71. The van der Waals surface area contributed by atoms with E-state index in [-0.39, 0.29) is 36.5 Å². The Balaban J connectivity index is 1.84. The topological polar surface area (TPSA) is 101 Å². The van der Waals surface area contributed by atoms with E-state index < -0.39 is 15.9 Å². The first-order valence-electron chi connectivity index (χ1n) is 7.86. The van der Waals surface area contributed by atoms with Crippen LogP contribution in [0.1, 0.15) is 23.3 Å². The van der Waals surface area contributed by atoms with Crippen molar-refractivity contribution in [2.24, 2.45) is 4.99 Å². The van der Waals surface area contributed by atoms with Crippen LogP contribution in [-0.2, 0) is 10.0 Å². The molecule has 0 fully saturated rings.